The highest BCUT2D eigenvalue weighted by molar-refractivity contribution is 5.38. The number of aromatic nitrogens is 1. The van der Waals surface area contributed by atoms with Crippen LogP contribution in [-0.2, 0) is 6.61 Å². The molecule has 1 aromatic heterocycles. The molecule has 0 radical (unpaired) electrons. The van der Waals surface area contributed by atoms with Crippen molar-refractivity contribution in [2.45, 2.75) is 19.6 Å². The number of benzene rings is 2. The number of ether oxygens (including phenoxy) is 2. The number of likely N-dealkylation sites (N-methyl/N-ethyl adjacent to an activating group) is 1. The summed E-state index contributed by atoms with van der Waals surface area (Å²) < 4.78 is 13.2. The van der Waals surface area contributed by atoms with Crippen LogP contribution in [-0.4, -0.2) is 36.2 Å². The highest BCUT2D eigenvalue weighted by Crippen LogP contribution is 2.17. The van der Waals surface area contributed by atoms with E-state index in [4.69, 9.17) is 9.47 Å². The molecule has 146 valence electrons. The fraction of sp³-hybridized carbons (Fsp3) is 0.261. The van der Waals surface area contributed by atoms with Crippen LogP contribution in [0.15, 0.2) is 77.7 Å². The highest BCUT2D eigenvalue weighted by Gasteiger charge is 2.07. The standard InChI is InChI=1S/C23H26N2O3/c1-18(16-24(2)3)28-21-11-9-20(10-12-21)25-14-13-22(15-23(25)26)27-17-19-7-5-4-6-8-19/h4-15,18H,16-17H2,1-3H3. The van der Waals surface area contributed by atoms with E-state index in [2.05, 4.69) is 4.90 Å². The maximum atomic E-state index is 12.5. The summed E-state index contributed by atoms with van der Waals surface area (Å²) in [6.07, 6.45) is 1.82. The van der Waals surface area contributed by atoms with Gasteiger partial charge in [-0.2, -0.15) is 0 Å². The first-order valence-corrected chi connectivity index (χ1v) is 9.32. The first-order chi connectivity index (χ1) is 13.5. The largest absolute Gasteiger partial charge is 0.489 e. The van der Waals surface area contributed by atoms with Gasteiger partial charge in [-0.3, -0.25) is 9.36 Å². The summed E-state index contributed by atoms with van der Waals surface area (Å²) in [4.78, 5) is 14.6. The fourth-order valence-electron chi connectivity index (χ4n) is 2.97. The van der Waals surface area contributed by atoms with E-state index in [0.717, 1.165) is 23.5 Å². The minimum Gasteiger partial charge on any atom is -0.489 e. The molecule has 1 atom stereocenters. The van der Waals surface area contributed by atoms with Crippen LogP contribution in [0.1, 0.15) is 12.5 Å². The van der Waals surface area contributed by atoms with Crippen molar-refractivity contribution >= 4 is 0 Å². The second-order valence-electron chi connectivity index (χ2n) is 7.03. The molecule has 3 rings (SSSR count). The summed E-state index contributed by atoms with van der Waals surface area (Å²) in [6.45, 7) is 3.31. The van der Waals surface area contributed by atoms with Crippen LogP contribution >= 0.6 is 0 Å². The Hall–Kier alpha value is -3.05. The third-order valence-corrected chi connectivity index (χ3v) is 4.21. The molecule has 0 N–H and O–H groups in total. The highest BCUT2D eigenvalue weighted by atomic mass is 16.5. The van der Waals surface area contributed by atoms with Crippen molar-refractivity contribution < 1.29 is 9.47 Å². The molecule has 0 aliphatic carbocycles. The van der Waals surface area contributed by atoms with E-state index in [1.807, 2.05) is 75.6 Å². The zero-order valence-corrected chi connectivity index (χ0v) is 16.5. The molecule has 5 nitrogen and oxygen atoms in total. The van der Waals surface area contributed by atoms with Crippen LogP contribution in [0.2, 0.25) is 0 Å². The second-order valence-corrected chi connectivity index (χ2v) is 7.03. The summed E-state index contributed by atoms with van der Waals surface area (Å²) in [5.41, 5.74) is 1.71. The molecule has 0 saturated heterocycles. The number of pyridine rings is 1. The molecule has 0 aliphatic rings. The zero-order chi connectivity index (χ0) is 19.9. The molecule has 1 heterocycles. The lowest BCUT2D eigenvalue weighted by atomic mass is 10.2. The van der Waals surface area contributed by atoms with E-state index in [1.165, 1.54) is 6.07 Å². The predicted octanol–water partition coefficient (Wildman–Crippen LogP) is 3.75. The Bertz CT molecular complexity index is 934. The van der Waals surface area contributed by atoms with E-state index >= 15 is 0 Å². The number of rotatable bonds is 8. The van der Waals surface area contributed by atoms with Crippen LogP contribution in [0, 0.1) is 0 Å². The van der Waals surface area contributed by atoms with Gasteiger partial charge in [0.2, 0.25) is 0 Å². The Morgan fingerprint density at radius 3 is 2.32 bits per heavy atom. The van der Waals surface area contributed by atoms with Gasteiger partial charge in [0.1, 0.15) is 24.2 Å². The molecule has 0 fully saturated rings. The maximum Gasteiger partial charge on any atom is 0.258 e. The van der Waals surface area contributed by atoms with E-state index in [1.54, 1.807) is 16.8 Å². The van der Waals surface area contributed by atoms with Gasteiger partial charge in [-0.15, -0.1) is 0 Å². The molecule has 5 heteroatoms. The normalized spacial score (nSPS) is 12.0. The third kappa shape index (κ3) is 5.47. The average Bonchev–Trinajstić information content (AvgIpc) is 2.67. The van der Waals surface area contributed by atoms with Crippen LogP contribution in [0.3, 0.4) is 0 Å². The Morgan fingerprint density at radius 2 is 1.68 bits per heavy atom. The second kappa shape index (κ2) is 9.24. The summed E-state index contributed by atoms with van der Waals surface area (Å²) >= 11 is 0. The summed E-state index contributed by atoms with van der Waals surface area (Å²) in [5.74, 6) is 1.34. The molecule has 3 aromatic rings. The maximum absolute atomic E-state index is 12.5. The SMILES string of the molecule is CC(CN(C)C)Oc1ccc(-n2ccc(OCc3ccccc3)cc2=O)cc1. The Balaban J connectivity index is 1.66. The smallest absolute Gasteiger partial charge is 0.258 e. The lowest BCUT2D eigenvalue weighted by Crippen LogP contribution is -2.27. The van der Waals surface area contributed by atoms with Gasteiger partial charge in [0.05, 0.1) is 0 Å². The predicted molar refractivity (Wildman–Crippen MR) is 111 cm³/mol. The van der Waals surface area contributed by atoms with Crippen molar-refractivity contribution in [1.29, 1.82) is 0 Å². The van der Waals surface area contributed by atoms with Crippen molar-refractivity contribution in [2.75, 3.05) is 20.6 Å². The Labute approximate surface area is 165 Å². The molecule has 0 aliphatic heterocycles. The fourth-order valence-corrected chi connectivity index (χ4v) is 2.97. The van der Waals surface area contributed by atoms with Crippen molar-refractivity contribution in [3.8, 4) is 17.2 Å². The molecular formula is C23H26N2O3. The molecule has 0 saturated carbocycles. The number of hydrogen-bond donors (Lipinski definition) is 0. The van der Waals surface area contributed by atoms with Gasteiger partial charge in [-0.25, -0.2) is 0 Å². The van der Waals surface area contributed by atoms with Gasteiger partial charge in [-0.1, -0.05) is 30.3 Å². The van der Waals surface area contributed by atoms with Crippen molar-refractivity contribution in [3.63, 3.8) is 0 Å². The first-order valence-electron chi connectivity index (χ1n) is 9.32. The van der Waals surface area contributed by atoms with Gasteiger partial charge in [0.25, 0.3) is 5.56 Å². The van der Waals surface area contributed by atoms with Gasteiger partial charge in [0, 0.05) is 24.5 Å². The van der Waals surface area contributed by atoms with Gasteiger partial charge in [0.15, 0.2) is 0 Å². The molecule has 28 heavy (non-hydrogen) atoms. The average molecular weight is 378 g/mol. The summed E-state index contributed by atoms with van der Waals surface area (Å²) in [6, 6.07) is 20.7. The lowest BCUT2D eigenvalue weighted by molar-refractivity contribution is 0.177. The van der Waals surface area contributed by atoms with Crippen molar-refractivity contribution in [1.82, 2.24) is 9.47 Å². The Kier molecular flexibility index (Phi) is 6.50. The van der Waals surface area contributed by atoms with Gasteiger partial charge >= 0.3 is 0 Å². The van der Waals surface area contributed by atoms with Gasteiger partial charge < -0.3 is 14.4 Å². The molecule has 0 amide bonds. The van der Waals surface area contributed by atoms with E-state index in [-0.39, 0.29) is 11.7 Å². The zero-order valence-electron chi connectivity index (χ0n) is 16.5. The van der Waals surface area contributed by atoms with Crippen LogP contribution in [0.4, 0.5) is 0 Å². The molecule has 1 unspecified atom stereocenters. The van der Waals surface area contributed by atoms with Crippen LogP contribution in [0.25, 0.3) is 5.69 Å². The lowest BCUT2D eigenvalue weighted by Gasteiger charge is -2.19. The minimum absolute atomic E-state index is 0.0876. The van der Waals surface area contributed by atoms with Gasteiger partial charge in [-0.05, 0) is 56.9 Å². The Morgan fingerprint density at radius 1 is 0.964 bits per heavy atom. The third-order valence-electron chi connectivity index (χ3n) is 4.21. The summed E-state index contributed by atoms with van der Waals surface area (Å²) in [7, 11) is 4.03. The van der Waals surface area contributed by atoms with Crippen LogP contribution < -0.4 is 15.0 Å². The molecule has 0 spiro atoms. The monoisotopic (exact) mass is 378 g/mol. The molecule has 2 aromatic carbocycles. The van der Waals surface area contributed by atoms with E-state index in [9.17, 15) is 4.79 Å². The van der Waals surface area contributed by atoms with Crippen molar-refractivity contribution in [2.24, 2.45) is 0 Å². The first kappa shape index (κ1) is 19.7. The van der Waals surface area contributed by atoms with E-state index < -0.39 is 0 Å². The molecule has 0 bridgehead atoms. The minimum atomic E-state index is -0.139. The number of hydrogen-bond acceptors (Lipinski definition) is 4. The van der Waals surface area contributed by atoms with Crippen LogP contribution in [0.5, 0.6) is 11.5 Å². The number of nitrogens with zero attached hydrogens (tertiary/aromatic N) is 2. The summed E-state index contributed by atoms with van der Waals surface area (Å²) in [5, 5.41) is 0. The molecular weight excluding hydrogens is 352 g/mol. The topological polar surface area (TPSA) is 43.7 Å². The van der Waals surface area contributed by atoms with Crippen molar-refractivity contribution in [3.05, 3.63) is 88.8 Å². The quantitative estimate of drug-likeness (QED) is 0.599. The van der Waals surface area contributed by atoms with E-state index in [0.29, 0.717) is 12.4 Å².